The Morgan fingerprint density at radius 3 is 2.62 bits per heavy atom. The molecule has 0 aliphatic carbocycles. The summed E-state index contributed by atoms with van der Waals surface area (Å²) in [6.07, 6.45) is 6.50. The van der Waals surface area contributed by atoms with E-state index < -0.39 is 0 Å². The van der Waals surface area contributed by atoms with Crippen molar-refractivity contribution in [1.29, 1.82) is 0 Å². The maximum absolute atomic E-state index is 13.8. The Morgan fingerprint density at radius 1 is 1.38 bits per heavy atom. The van der Waals surface area contributed by atoms with Gasteiger partial charge in [0.2, 0.25) is 5.91 Å². The number of halogens is 2. The number of thioether (sulfide) groups is 1. The molecule has 3 rings (SSSR count). The molecule has 3 atom stereocenters. The molecule has 1 amide bonds. The fourth-order valence-corrected chi connectivity index (χ4v) is 4.73. The SMILES string of the molecule is CSC1C[C@H]2CC[C@@H](C1)N2C(=O)Cc1c(F)cccc1Cl. The maximum Gasteiger partial charge on any atom is 0.227 e. The number of carbonyl (C=O) groups excluding carboxylic acids is 1. The van der Waals surface area contributed by atoms with E-state index >= 15 is 0 Å². The summed E-state index contributed by atoms with van der Waals surface area (Å²) in [4.78, 5) is 14.6. The van der Waals surface area contributed by atoms with Crippen LogP contribution in [0.3, 0.4) is 0 Å². The second-order valence-corrected chi connectivity index (χ2v) is 7.44. The molecule has 1 aromatic rings. The molecule has 0 N–H and O–H groups in total. The molecule has 1 aromatic carbocycles. The number of piperidine rings is 1. The molecule has 2 saturated heterocycles. The van der Waals surface area contributed by atoms with Crippen LogP contribution in [0.2, 0.25) is 5.02 Å². The van der Waals surface area contributed by atoms with Gasteiger partial charge >= 0.3 is 0 Å². The van der Waals surface area contributed by atoms with Crippen LogP contribution in [-0.4, -0.2) is 34.4 Å². The van der Waals surface area contributed by atoms with Crippen LogP contribution in [0.25, 0.3) is 0 Å². The quantitative estimate of drug-likeness (QED) is 0.839. The number of hydrogen-bond donors (Lipinski definition) is 0. The fraction of sp³-hybridized carbons (Fsp3) is 0.562. The van der Waals surface area contributed by atoms with Crippen LogP contribution in [-0.2, 0) is 11.2 Å². The van der Waals surface area contributed by atoms with Gasteiger partial charge in [-0.1, -0.05) is 17.7 Å². The largest absolute Gasteiger partial charge is 0.336 e. The molecule has 21 heavy (non-hydrogen) atoms. The highest BCUT2D eigenvalue weighted by atomic mass is 35.5. The molecule has 0 saturated carbocycles. The van der Waals surface area contributed by atoms with E-state index in [1.807, 2.05) is 16.7 Å². The average Bonchev–Trinajstić information content (AvgIpc) is 2.73. The van der Waals surface area contributed by atoms with Gasteiger partial charge in [-0.3, -0.25) is 4.79 Å². The standard InChI is InChI=1S/C16H19ClFNOS/c1-21-12-7-10-5-6-11(8-12)19(10)16(20)9-13-14(17)3-2-4-15(13)18/h2-4,10-12H,5-9H2,1H3/t10-,11+,12?. The van der Waals surface area contributed by atoms with Gasteiger partial charge in [0.1, 0.15) is 5.82 Å². The molecule has 114 valence electrons. The zero-order valence-electron chi connectivity index (χ0n) is 12.0. The van der Waals surface area contributed by atoms with E-state index in [1.165, 1.54) is 6.07 Å². The van der Waals surface area contributed by atoms with E-state index in [0.717, 1.165) is 25.7 Å². The minimum atomic E-state index is -0.387. The lowest BCUT2D eigenvalue weighted by atomic mass is 10.0. The van der Waals surface area contributed by atoms with Gasteiger partial charge in [0.25, 0.3) is 0 Å². The Labute approximate surface area is 134 Å². The van der Waals surface area contributed by atoms with E-state index in [1.54, 1.807) is 12.1 Å². The van der Waals surface area contributed by atoms with E-state index in [4.69, 9.17) is 11.6 Å². The Hall–Kier alpha value is -0.740. The smallest absolute Gasteiger partial charge is 0.227 e. The number of benzene rings is 1. The summed E-state index contributed by atoms with van der Waals surface area (Å²) in [5.41, 5.74) is 0.329. The Balaban J connectivity index is 1.75. The molecule has 0 aromatic heterocycles. The van der Waals surface area contributed by atoms with Gasteiger partial charge in [0.15, 0.2) is 0 Å². The van der Waals surface area contributed by atoms with Crippen LogP contribution in [0.15, 0.2) is 18.2 Å². The lowest BCUT2D eigenvalue weighted by molar-refractivity contribution is -0.134. The van der Waals surface area contributed by atoms with Gasteiger partial charge in [-0.25, -0.2) is 4.39 Å². The Bertz CT molecular complexity index is 519. The highest BCUT2D eigenvalue weighted by Crippen LogP contribution is 2.40. The van der Waals surface area contributed by atoms with Gasteiger partial charge < -0.3 is 4.90 Å². The average molecular weight is 328 g/mol. The van der Waals surface area contributed by atoms with E-state index in [2.05, 4.69) is 6.26 Å². The molecule has 1 unspecified atom stereocenters. The molecule has 5 heteroatoms. The molecule has 2 heterocycles. The lowest BCUT2D eigenvalue weighted by Crippen LogP contribution is -2.48. The summed E-state index contributed by atoms with van der Waals surface area (Å²) in [5, 5.41) is 0.998. The minimum Gasteiger partial charge on any atom is -0.336 e. The van der Waals surface area contributed by atoms with Gasteiger partial charge in [-0.15, -0.1) is 0 Å². The topological polar surface area (TPSA) is 20.3 Å². The third-order valence-electron chi connectivity index (χ3n) is 4.70. The molecule has 0 radical (unpaired) electrons. The number of rotatable bonds is 3. The first-order chi connectivity index (χ1) is 10.1. The van der Waals surface area contributed by atoms with Crippen LogP contribution in [0.4, 0.5) is 4.39 Å². The molecular weight excluding hydrogens is 309 g/mol. The normalized spacial score (nSPS) is 28.0. The third kappa shape index (κ3) is 2.93. The summed E-state index contributed by atoms with van der Waals surface area (Å²) >= 11 is 7.93. The van der Waals surface area contributed by atoms with Crippen LogP contribution in [0.5, 0.6) is 0 Å². The monoisotopic (exact) mass is 327 g/mol. The number of fused-ring (bicyclic) bond motifs is 2. The third-order valence-corrected chi connectivity index (χ3v) is 6.11. The van der Waals surface area contributed by atoms with E-state index in [-0.39, 0.29) is 18.1 Å². The number of nitrogens with zero attached hydrogens (tertiary/aromatic N) is 1. The van der Waals surface area contributed by atoms with Crippen molar-refractivity contribution < 1.29 is 9.18 Å². The summed E-state index contributed by atoms with van der Waals surface area (Å²) < 4.78 is 13.8. The lowest BCUT2D eigenvalue weighted by Gasteiger charge is -2.38. The second-order valence-electron chi connectivity index (χ2n) is 5.89. The highest BCUT2D eigenvalue weighted by molar-refractivity contribution is 7.99. The van der Waals surface area contributed by atoms with Crippen molar-refractivity contribution in [2.24, 2.45) is 0 Å². The minimum absolute atomic E-state index is 0.0223. The predicted octanol–water partition coefficient (Wildman–Crippen LogP) is 3.91. The molecule has 2 aliphatic rings. The van der Waals surface area contributed by atoms with Crippen molar-refractivity contribution in [3.05, 3.63) is 34.6 Å². The second kappa shape index (κ2) is 6.17. The first-order valence-corrected chi connectivity index (χ1v) is 9.03. The molecule has 2 aliphatic heterocycles. The van der Waals surface area contributed by atoms with Crippen molar-refractivity contribution in [3.63, 3.8) is 0 Å². The zero-order valence-corrected chi connectivity index (χ0v) is 13.6. The summed E-state index contributed by atoms with van der Waals surface area (Å²) in [7, 11) is 0. The molecule has 2 bridgehead atoms. The Morgan fingerprint density at radius 2 is 2.05 bits per heavy atom. The number of amides is 1. The van der Waals surface area contributed by atoms with Crippen molar-refractivity contribution in [3.8, 4) is 0 Å². The summed E-state index contributed by atoms with van der Waals surface area (Å²) in [6.45, 7) is 0. The first-order valence-electron chi connectivity index (χ1n) is 7.37. The maximum atomic E-state index is 13.8. The summed E-state index contributed by atoms with van der Waals surface area (Å²) in [5.74, 6) is -0.365. The first kappa shape index (κ1) is 15.2. The Kier molecular flexibility index (Phi) is 4.46. The van der Waals surface area contributed by atoms with Gasteiger partial charge in [-0.05, 0) is 44.1 Å². The predicted molar refractivity (Wildman–Crippen MR) is 85.3 cm³/mol. The van der Waals surface area contributed by atoms with E-state index in [9.17, 15) is 9.18 Å². The van der Waals surface area contributed by atoms with Crippen LogP contribution in [0, 0.1) is 5.82 Å². The highest BCUT2D eigenvalue weighted by Gasteiger charge is 2.42. The fourth-order valence-electron chi connectivity index (χ4n) is 3.67. The van der Waals surface area contributed by atoms with Gasteiger partial charge in [-0.2, -0.15) is 11.8 Å². The van der Waals surface area contributed by atoms with Gasteiger partial charge in [0.05, 0.1) is 6.42 Å². The van der Waals surface area contributed by atoms with Crippen molar-refractivity contribution in [2.75, 3.05) is 6.26 Å². The molecular formula is C16H19ClFNOS. The molecule has 2 fully saturated rings. The van der Waals surface area contributed by atoms with Crippen LogP contribution < -0.4 is 0 Å². The van der Waals surface area contributed by atoms with Crippen molar-refractivity contribution in [2.45, 2.75) is 49.4 Å². The number of carbonyl (C=O) groups is 1. The van der Waals surface area contributed by atoms with Crippen molar-refractivity contribution >= 4 is 29.3 Å². The van der Waals surface area contributed by atoms with Crippen LogP contribution in [0.1, 0.15) is 31.2 Å². The van der Waals surface area contributed by atoms with Crippen LogP contribution >= 0.6 is 23.4 Å². The van der Waals surface area contributed by atoms with E-state index in [0.29, 0.717) is 27.9 Å². The zero-order chi connectivity index (χ0) is 15.0. The summed E-state index contributed by atoms with van der Waals surface area (Å²) in [6, 6.07) is 5.24. The van der Waals surface area contributed by atoms with Crippen molar-refractivity contribution in [1.82, 2.24) is 4.90 Å². The van der Waals surface area contributed by atoms with Gasteiger partial charge in [0, 0.05) is 27.9 Å². The molecule has 2 nitrogen and oxygen atoms in total. The number of hydrogen-bond acceptors (Lipinski definition) is 2. The molecule has 0 spiro atoms.